The van der Waals surface area contributed by atoms with Gasteiger partial charge in [-0.25, -0.2) is 4.39 Å². The largest absolute Gasteiger partial charge is 0.390 e. The van der Waals surface area contributed by atoms with Crippen LogP contribution in [0.15, 0.2) is 24.3 Å². The van der Waals surface area contributed by atoms with Gasteiger partial charge in [0.15, 0.2) is 0 Å². The maximum absolute atomic E-state index is 13.9. The van der Waals surface area contributed by atoms with Crippen LogP contribution in [-0.2, 0) is 0 Å². The van der Waals surface area contributed by atoms with E-state index >= 15 is 0 Å². The molecule has 126 valence electrons. The molecule has 4 rings (SSSR count). The number of halogens is 1. The Labute approximate surface area is 138 Å². The predicted molar refractivity (Wildman–Crippen MR) is 90.1 cm³/mol. The monoisotopic (exact) mass is 318 g/mol. The van der Waals surface area contributed by atoms with Crippen LogP contribution in [0.3, 0.4) is 0 Å². The summed E-state index contributed by atoms with van der Waals surface area (Å²) in [6.07, 6.45) is 6.58. The van der Waals surface area contributed by atoms with Gasteiger partial charge in [-0.2, -0.15) is 0 Å². The number of hydrogen-bond acceptors (Lipinski definition) is 3. The summed E-state index contributed by atoms with van der Waals surface area (Å²) in [5.74, 6) is 0.362. The van der Waals surface area contributed by atoms with E-state index in [4.69, 9.17) is 0 Å². The van der Waals surface area contributed by atoms with Crippen LogP contribution in [0.5, 0.6) is 0 Å². The zero-order valence-corrected chi connectivity index (χ0v) is 13.8. The highest BCUT2D eigenvalue weighted by molar-refractivity contribution is 5.47. The van der Waals surface area contributed by atoms with Crippen molar-refractivity contribution in [1.82, 2.24) is 4.90 Å². The molecule has 4 heteroatoms. The van der Waals surface area contributed by atoms with Gasteiger partial charge in [0, 0.05) is 31.6 Å². The van der Waals surface area contributed by atoms with Gasteiger partial charge < -0.3 is 10.0 Å². The first-order chi connectivity index (χ1) is 11.2. The van der Waals surface area contributed by atoms with Crippen molar-refractivity contribution in [1.29, 1.82) is 0 Å². The Balaban J connectivity index is 1.35. The number of anilines is 1. The van der Waals surface area contributed by atoms with Crippen LogP contribution in [-0.4, -0.2) is 47.8 Å². The van der Waals surface area contributed by atoms with Crippen LogP contribution >= 0.6 is 0 Å². The SMILES string of the molecule is OC1(C2CCCN(C3CCN(c4ccccc4F)CC3)C2)CC1. The number of likely N-dealkylation sites (tertiary alicyclic amines) is 1. The van der Waals surface area contributed by atoms with Crippen molar-refractivity contribution in [2.45, 2.75) is 50.2 Å². The Hall–Kier alpha value is -1.13. The molecule has 1 N–H and O–H groups in total. The highest BCUT2D eigenvalue weighted by Gasteiger charge is 2.49. The van der Waals surface area contributed by atoms with Crippen LogP contribution < -0.4 is 4.90 Å². The van der Waals surface area contributed by atoms with Crippen molar-refractivity contribution in [2.24, 2.45) is 5.92 Å². The summed E-state index contributed by atoms with van der Waals surface area (Å²) in [7, 11) is 0. The van der Waals surface area contributed by atoms with E-state index in [2.05, 4.69) is 9.80 Å². The molecule has 1 saturated carbocycles. The third-order valence-corrected chi connectivity index (χ3v) is 6.15. The maximum Gasteiger partial charge on any atom is 0.146 e. The van der Waals surface area contributed by atoms with Crippen LogP contribution in [0.1, 0.15) is 38.5 Å². The van der Waals surface area contributed by atoms with E-state index < -0.39 is 0 Å². The van der Waals surface area contributed by atoms with Gasteiger partial charge in [0.05, 0.1) is 11.3 Å². The molecule has 0 radical (unpaired) electrons. The topological polar surface area (TPSA) is 26.7 Å². The highest BCUT2D eigenvalue weighted by atomic mass is 19.1. The lowest BCUT2D eigenvalue weighted by Crippen LogP contribution is -2.50. The summed E-state index contributed by atoms with van der Waals surface area (Å²) in [6.45, 7) is 4.08. The summed E-state index contributed by atoms with van der Waals surface area (Å²) in [5.41, 5.74) is 0.404. The Morgan fingerprint density at radius 2 is 1.78 bits per heavy atom. The second kappa shape index (κ2) is 6.06. The van der Waals surface area contributed by atoms with E-state index in [1.807, 2.05) is 12.1 Å². The molecular formula is C19H27FN2O. The van der Waals surface area contributed by atoms with E-state index in [-0.39, 0.29) is 11.4 Å². The number of piperidine rings is 2. The minimum absolute atomic E-state index is 0.111. The fraction of sp³-hybridized carbons (Fsp3) is 0.684. The fourth-order valence-corrected chi connectivity index (χ4v) is 4.49. The molecule has 3 aliphatic rings. The minimum Gasteiger partial charge on any atom is -0.390 e. The van der Waals surface area contributed by atoms with Crippen LogP contribution in [0, 0.1) is 11.7 Å². The molecule has 1 aromatic rings. The van der Waals surface area contributed by atoms with Gasteiger partial charge in [-0.1, -0.05) is 12.1 Å². The molecule has 2 heterocycles. The number of nitrogens with zero attached hydrogens (tertiary/aromatic N) is 2. The van der Waals surface area contributed by atoms with Gasteiger partial charge in [-0.3, -0.25) is 4.90 Å². The Morgan fingerprint density at radius 1 is 1.04 bits per heavy atom. The summed E-state index contributed by atoms with van der Waals surface area (Å²) in [4.78, 5) is 4.78. The molecule has 0 spiro atoms. The first kappa shape index (κ1) is 15.4. The lowest BCUT2D eigenvalue weighted by atomic mass is 9.88. The molecule has 2 saturated heterocycles. The van der Waals surface area contributed by atoms with Crippen molar-refractivity contribution in [3.05, 3.63) is 30.1 Å². The van der Waals surface area contributed by atoms with Gasteiger partial charge in [-0.05, 0) is 57.2 Å². The molecule has 0 bridgehead atoms. The molecule has 1 atom stereocenters. The number of rotatable bonds is 3. The smallest absolute Gasteiger partial charge is 0.146 e. The van der Waals surface area contributed by atoms with Crippen molar-refractivity contribution >= 4 is 5.69 Å². The zero-order valence-electron chi connectivity index (χ0n) is 13.8. The summed E-state index contributed by atoms with van der Waals surface area (Å²) in [5, 5.41) is 10.4. The Kier molecular flexibility index (Phi) is 4.06. The number of hydrogen-bond donors (Lipinski definition) is 1. The molecule has 1 aromatic carbocycles. The molecule has 3 fully saturated rings. The maximum atomic E-state index is 13.9. The molecule has 2 aliphatic heterocycles. The van der Waals surface area contributed by atoms with Gasteiger partial charge in [-0.15, -0.1) is 0 Å². The molecule has 1 unspecified atom stereocenters. The normalized spacial score (nSPS) is 28.8. The van der Waals surface area contributed by atoms with E-state index in [0.29, 0.717) is 12.0 Å². The van der Waals surface area contributed by atoms with Crippen molar-refractivity contribution < 1.29 is 9.50 Å². The number of para-hydroxylation sites is 1. The summed E-state index contributed by atoms with van der Waals surface area (Å²) < 4.78 is 13.9. The minimum atomic E-state index is -0.341. The van der Waals surface area contributed by atoms with E-state index in [0.717, 1.165) is 57.5 Å². The molecule has 0 amide bonds. The Bertz CT molecular complexity index is 552. The quantitative estimate of drug-likeness (QED) is 0.928. The third-order valence-electron chi connectivity index (χ3n) is 6.15. The van der Waals surface area contributed by atoms with E-state index in [1.54, 1.807) is 12.1 Å². The molecular weight excluding hydrogens is 291 g/mol. The second-order valence-electron chi connectivity index (χ2n) is 7.61. The zero-order chi connectivity index (χ0) is 15.9. The van der Waals surface area contributed by atoms with Crippen molar-refractivity contribution in [2.75, 3.05) is 31.1 Å². The average Bonchev–Trinajstić information content (AvgIpc) is 3.35. The van der Waals surface area contributed by atoms with Gasteiger partial charge in [0.25, 0.3) is 0 Å². The predicted octanol–water partition coefficient (Wildman–Crippen LogP) is 3.03. The number of aliphatic hydroxyl groups is 1. The third kappa shape index (κ3) is 3.11. The number of benzene rings is 1. The standard InChI is InChI=1S/C19H27FN2O/c20-17-5-1-2-6-18(17)21-12-7-16(8-13-21)22-11-3-4-15(14-22)19(23)9-10-19/h1-2,5-6,15-16,23H,3-4,7-14H2. The highest BCUT2D eigenvalue weighted by Crippen LogP contribution is 2.46. The van der Waals surface area contributed by atoms with Gasteiger partial charge in [0.1, 0.15) is 5.82 Å². The molecule has 3 nitrogen and oxygen atoms in total. The van der Waals surface area contributed by atoms with Crippen molar-refractivity contribution in [3.8, 4) is 0 Å². The molecule has 0 aromatic heterocycles. The lowest BCUT2D eigenvalue weighted by molar-refractivity contribution is 0.0136. The first-order valence-corrected chi connectivity index (χ1v) is 9.12. The van der Waals surface area contributed by atoms with E-state index in [9.17, 15) is 9.50 Å². The summed E-state index contributed by atoms with van der Waals surface area (Å²) >= 11 is 0. The molecule has 1 aliphatic carbocycles. The second-order valence-corrected chi connectivity index (χ2v) is 7.61. The summed E-state index contributed by atoms with van der Waals surface area (Å²) in [6, 6.07) is 7.70. The Morgan fingerprint density at radius 3 is 2.48 bits per heavy atom. The van der Waals surface area contributed by atoms with Crippen LogP contribution in [0.2, 0.25) is 0 Å². The molecule has 23 heavy (non-hydrogen) atoms. The van der Waals surface area contributed by atoms with E-state index in [1.165, 1.54) is 12.8 Å². The van der Waals surface area contributed by atoms with Gasteiger partial charge in [0.2, 0.25) is 0 Å². The lowest BCUT2D eigenvalue weighted by Gasteiger charge is -2.44. The fourth-order valence-electron chi connectivity index (χ4n) is 4.49. The van der Waals surface area contributed by atoms with Gasteiger partial charge >= 0.3 is 0 Å². The average molecular weight is 318 g/mol. The van der Waals surface area contributed by atoms with Crippen LogP contribution in [0.25, 0.3) is 0 Å². The van der Waals surface area contributed by atoms with Crippen LogP contribution in [0.4, 0.5) is 10.1 Å². The van der Waals surface area contributed by atoms with Crippen molar-refractivity contribution in [3.63, 3.8) is 0 Å². The first-order valence-electron chi connectivity index (χ1n) is 9.12.